The van der Waals surface area contributed by atoms with Crippen LogP contribution in [0.1, 0.15) is 79.2 Å². The molecule has 0 bridgehead atoms. The van der Waals surface area contributed by atoms with E-state index in [0.29, 0.717) is 59.1 Å². The van der Waals surface area contributed by atoms with E-state index < -0.39 is 0 Å². The topological polar surface area (TPSA) is 104 Å². The summed E-state index contributed by atoms with van der Waals surface area (Å²) < 4.78 is 17.3. The number of benzene rings is 3. The average molecular weight is 655 g/mol. The van der Waals surface area contributed by atoms with Crippen molar-refractivity contribution in [2.24, 2.45) is 5.92 Å². The molecule has 246 valence electrons. The summed E-state index contributed by atoms with van der Waals surface area (Å²) in [5.74, 6) is 1.64. The molecule has 1 amide bonds. The first-order valence-electron chi connectivity index (χ1n) is 16.0. The van der Waals surface area contributed by atoms with E-state index in [1.54, 1.807) is 42.5 Å². The van der Waals surface area contributed by atoms with Crippen molar-refractivity contribution >= 4 is 35.1 Å². The Bertz CT molecular complexity index is 1610. The summed E-state index contributed by atoms with van der Waals surface area (Å²) in [4.78, 5) is 42.7. The molecule has 4 rings (SSSR count). The lowest BCUT2D eigenvalue weighted by molar-refractivity contribution is -0.144. The van der Waals surface area contributed by atoms with Crippen molar-refractivity contribution < 1.29 is 28.6 Å². The van der Waals surface area contributed by atoms with Gasteiger partial charge in [0, 0.05) is 34.5 Å². The Hall–Kier alpha value is -4.63. The van der Waals surface area contributed by atoms with Gasteiger partial charge in [-0.1, -0.05) is 75.6 Å². The van der Waals surface area contributed by atoms with Gasteiger partial charge in [-0.15, -0.1) is 11.8 Å². The van der Waals surface area contributed by atoms with E-state index >= 15 is 0 Å². The Balaban J connectivity index is 1.33. The van der Waals surface area contributed by atoms with Crippen LogP contribution >= 0.6 is 11.8 Å². The van der Waals surface area contributed by atoms with E-state index in [0.717, 1.165) is 36.1 Å². The van der Waals surface area contributed by atoms with Crippen LogP contribution in [0.4, 0.5) is 5.69 Å². The second kappa shape index (κ2) is 18.5. The monoisotopic (exact) mass is 654 g/mol. The molecule has 1 aromatic heterocycles. The minimum atomic E-state index is -0.389. The third-order valence-electron chi connectivity index (χ3n) is 7.50. The molecule has 0 saturated carbocycles. The molecule has 0 saturated heterocycles. The van der Waals surface area contributed by atoms with Crippen LogP contribution in [0.5, 0.6) is 17.4 Å². The van der Waals surface area contributed by atoms with Gasteiger partial charge in [0.2, 0.25) is 5.88 Å². The Kier molecular flexibility index (Phi) is 13.9. The fourth-order valence-electron chi connectivity index (χ4n) is 4.66. The maximum atomic E-state index is 13.2. The lowest BCUT2D eigenvalue weighted by Crippen LogP contribution is -2.14. The van der Waals surface area contributed by atoms with Crippen LogP contribution in [0.2, 0.25) is 0 Å². The van der Waals surface area contributed by atoms with Gasteiger partial charge < -0.3 is 19.5 Å². The van der Waals surface area contributed by atoms with Crippen molar-refractivity contribution in [3.8, 4) is 17.4 Å². The number of carbonyl (C=O) groups excluding carboxylic acids is 3. The van der Waals surface area contributed by atoms with Crippen LogP contribution in [0.3, 0.4) is 0 Å². The van der Waals surface area contributed by atoms with Gasteiger partial charge in [-0.3, -0.25) is 14.4 Å². The molecule has 4 aromatic rings. The first kappa shape index (κ1) is 35.2. The number of carbonyl (C=O) groups is 3. The Labute approximate surface area is 281 Å². The van der Waals surface area contributed by atoms with E-state index in [1.807, 2.05) is 42.5 Å². The normalized spacial score (nSPS) is 11.4. The van der Waals surface area contributed by atoms with Gasteiger partial charge in [0.15, 0.2) is 5.78 Å². The fraction of sp³-hybridized carbons (Fsp3) is 0.316. The quantitative estimate of drug-likeness (QED) is 0.0644. The molecule has 8 nitrogen and oxygen atoms in total. The Morgan fingerprint density at radius 2 is 1.68 bits per heavy atom. The molecule has 47 heavy (non-hydrogen) atoms. The number of nitrogens with zero attached hydrogens (tertiary/aromatic N) is 1. The molecule has 0 spiro atoms. The number of esters is 1. The SMILES string of the molecule is CCCCC(CC)COC(=O)CCSc1ccc(C(C)=O)cc1NC(=O)c1ccc(Oc2cccc(OCc3ccccc3)c2)nc1. The van der Waals surface area contributed by atoms with E-state index in [-0.39, 0.29) is 24.1 Å². The summed E-state index contributed by atoms with van der Waals surface area (Å²) >= 11 is 1.42. The summed E-state index contributed by atoms with van der Waals surface area (Å²) in [6.45, 7) is 6.63. The number of thioether (sulfide) groups is 1. The molecule has 0 fully saturated rings. The van der Waals surface area contributed by atoms with Crippen molar-refractivity contribution in [1.29, 1.82) is 0 Å². The molecular weight excluding hydrogens is 612 g/mol. The van der Waals surface area contributed by atoms with Gasteiger partial charge in [0.25, 0.3) is 5.91 Å². The molecule has 3 aromatic carbocycles. The second-order valence-corrected chi connectivity index (χ2v) is 12.3. The van der Waals surface area contributed by atoms with Crippen LogP contribution in [-0.2, 0) is 16.1 Å². The van der Waals surface area contributed by atoms with E-state index in [9.17, 15) is 14.4 Å². The Morgan fingerprint density at radius 1 is 0.894 bits per heavy atom. The third kappa shape index (κ3) is 11.6. The predicted octanol–water partition coefficient (Wildman–Crippen LogP) is 9.15. The highest BCUT2D eigenvalue weighted by Crippen LogP contribution is 2.30. The number of pyridine rings is 1. The maximum Gasteiger partial charge on any atom is 0.306 e. The van der Waals surface area contributed by atoms with Crippen LogP contribution in [0.15, 0.2) is 96.0 Å². The molecule has 1 unspecified atom stereocenters. The Morgan fingerprint density at radius 3 is 2.40 bits per heavy atom. The number of Topliss-reactive ketones (excluding diaryl/α,β-unsaturated/α-hetero) is 1. The number of amides is 1. The molecule has 0 aliphatic rings. The number of ether oxygens (including phenoxy) is 3. The van der Waals surface area contributed by atoms with Crippen LogP contribution in [0.25, 0.3) is 0 Å². The smallest absolute Gasteiger partial charge is 0.306 e. The molecule has 0 radical (unpaired) electrons. The molecular formula is C38H42N2O6S. The summed E-state index contributed by atoms with van der Waals surface area (Å²) in [6.07, 6.45) is 5.97. The fourth-order valence-corrected chi connectivity index (χ4v) is 5.57. The lowest BCUT2D eigenvalue weighted by Gasteiger charge is -2.15. The van der Waals surface area contributed by atoms with Gasteiger partial charge in [-0.05, 0) is 55.2 Å². The van der Waals surface area contributed by atoms with E-state index in [1.165, 1.54) is 24.9 Å². The predicted molar refractivity (Wildman–Crippen MR) is 186 cm³/mol. The zero-order chi connectivity index (χ0) is 33.4. The van der Waals surface area contributed by atoms with Crippen molar-refractivity contribution in [3.05, 3.63) is 108 Å². The lowest BCUT2D eigenvalue weighted by atomic mass is 10.0. The molecule has 0 aliphatic carbocycles. The minimum absolute atomic E-state index is 0.119. The highest BCUT2D eigenvalue weighted by Gasteiger charge is 2.15. The molecule has 1 atom stereocenters. The summed E-state index contributed by atoms with van der Waals surface area (Å²) in [5.41, 5.74) is 2.34. The number of ketones is 1. The van der Waals surface area contributed by atoms with Crippen molar-refractivity contribution in [2.75, 3.05) is 17.7 Å². The van der Waals surface area contributed by atoms with Crippen LogP contribution in [0, 0.1) is 5.92 Å². The highest BCUT2D eigenvalue weighted by atomic mass is 32.2. The van der Waals surface area contributed by atoms with Gasteiger partial charge in [0.1, 0.15) is 18.1 Å². The molecule has 9 heteroatoms. The number of aromatic nitrogens is 1. The number of nitrogens with one attached hydrogen (secondary N) is 1. The zero-order valence-corrected chi connectivity index (χ0v) is 28.0. The maximum absolute atomic E-state index is 13.2. The number of unbranched alkanes of at least 4 members (excludes halogenated alkanes) is 1. The van der Waals surface area contributed by atoms with Crippen LogP contribution < -0.4 is 14.8 Å². The first-order chi connectivity index (χ1) is 22.8. The summed E-state index contributed by atoms with van der Waals surface area (Å²) in [6, 6.07) is 25.5. The molecule has 1 heterocycles. The third-order valence-corrected chi connectivity index (χ3v) is 8.57. The molecule has 1 N–H and O–H groups in total. The second-order valence-electron chi connectivity index (χ2n) is 11.2. The van der Waals surface area contributed by atoms with Gasteiger partial charge in [-0.2, -0.15) is 0 Å². The van der Waals surface area contributed by atoms with Crippen molar-refractivity contribution in [3.63, 3.8) is 0 Å². The van der Waals surface area contributed by atoms with Gasteiger partial charge in [-0.25, -0.2) is 4.98 Å². The average Bonchev–Trinajstić information content (AvgIpc) is 3.09. The standard InChI is InChI=1S/C38H42N2O6S/c1-4-6-11-28(5-2)25-45-37(42)20-21-47-35-18-16-30(27(3)41)22-34(35)40-38(43)31-17-19-36(39-24-31)46-33-15-10-14-32(23-33)44-26-29-12-8-7-9-13-29/h7-10,12-19,22-24,28H,4-6,11,20-21,25-26H2,1-3H3,(H,40,43). The number of hydrogen-bond acceptors (Lipinski definition) is 8. The van der Waals surface area contributed by atoms with Gasteiger partial charge in [0.05, 0.1) is 24.3 Å². The van der Waals surface area contributed by atoms with Crippen LogP contribution in [-0.4, -0.2) is 35.0 Å². The zero-order valence-electron chi connectivity index (χ0n) is 27.2. The number of rotatable bonds is 18. The van der Waals surface area contributed by atoms with E-state index in [4.69, 9.17) is 14.2 Å². The van der Waals surface area contributed by atoms with Crippen molar-refractivity contribution in [2.45, 2.75) is 64.4 Å². The first-order valence-corrected chi connectivity index (χ1v) is 17.0. The number of hydrogen-bond donors (Lipinski definition) is 1. The summed E-state index contributed by atoms with van der Waals surface area (Å²) in [5, 5.41) is 2.91. The number of anilines is 1. The largest absolute Gasteiger partial charge is 0.489 e. The highest BCUT2D eigenvalue weighted by molar-refractivity contribution is 7.99. The van der Waals surface area contributed by atoms with E-state index in [2.05, 4.69) is 24.1 Å². The summed E-state index contributed by atoms with van der Waals surface area (Å²) in [7, 11) is 0. The minimum Gasteiger partial charge on any atom is -0.489 e. The molecule has 0 aliphatic heterocycles. The van der Waals surface area contributed by atoms with Gasteiger partial charge >= 0.3 is 5.97 Å². The van der Waals surface area contributed by atoms with Crippen molar-refractivity contribution in [1.82, 2.24) is 4.98 Å².